The summed E-state index contributed by atoms with van der Waals surface area (Å²) >= 11 is 0. The highest BCUT2D eigenvalue weighted by Crippen LogP contribution is 2.51. The predicted molar refractivity (Wildman–Crippen MR) is 60.3 cm³/mol. The van der Waals surface area contributed by atoms with Gasteiger partial charge in [0.05, 0.1) is 6.61 Å². The van der Waals surface area contributed by atoms with Gasteiger partial charge < -0.3 is 14.8 Å². The molecule has 1 amide bonds. The Morgan fingerprint density at radius 1 is 1.50 bits per heavy atom. The summed E-state index contributed by atoms with van der Waals surface area (Å²) in [6.07, 6.45) is 2.99. The van der Waals surface area contributed by atoms with Crippen LogP contribution in [0.3, 0.4) is 0 Å². The van der Waals surface area contributed by atoms with Crippen molar-refractivity contribution in [1.29, 1.82) is 0 Å². The monoisotopic (exact) mass is 227 g/mol. The van der Waals surface area contributed by atoms with Gasteiger partial charge in [0.15, 0.2) is 0 Å². The summed E-state index contributed by atoms with van der Waals surface area (Å²) in [7, 11) is 0. The molecule has 1 saturated carbocycles. The van der Waals surface area contributed by atoms with Crippen molar-refractivity contribution in [3.63, 3.8) is 0 Å². The van der Waals surface area contributed by atoms with Crippen LogP contribution in [0, 0.1) is 5.41 Å². The lowest BCUT2D eigenvalue weighted by Crippen LogP contribution is -2.37. The molecule has 1 heterocycles. The zero-order valence-electron chi connectivity index (χ0n) is 10.3. The van der Waals surface area contributed by atoms with Gasteiger partial charge in [0, 0.05) is 18.1 Å². The minimum atomic E-state index is -0.421. The van der Waals surface area contributed by atoms with Crippen LogP contribution >= 0.6 is 0 Å². The van der Waals surface area contributed by atoms with Crippen LogP contribution in [0.1, 0.15) is 40.0 Å². The molecule has 4 nitrogen and oxygen atoms in total. The van der Waals surface area contributed by atoms with Gasteiger partial charge in [-0.2, -0.15) is 0 Å². The summed E-state index contributed by atoms with van der Waals surface area (Å²) in [4.78, 5) is 11.6. The molecule has 4 heteroatoms. The maximum atomic E-state index is 11.6. The first-order valence-corrected chi connectivity index (χ1v) is 5.99. The minimum Gasteiger partial charge on any atom is -0.444 e. The van der Waals surface area contributed by atoms with Crippen LogP contribution < -0.4 is 5.32 Å². The smallest absolute Gasteiger partial charge is 0.407 e. The van der Waals surface area contributed by atoms with E-state index in [1.165, 1.54) is 0 Å². The Morgan fingerprint density at radius 2 is 2.25 bits per heavy atom. The zero-order chi connectivity index (χ0) is 11.8. The van der Waals surface area contributed by atoms with Gasteiger partial charge in [-0.25, -0.2) is 4.79 Å². The van der Waals surface area contributed by atoms with Crippen LogP contribution in [0.25, 0.3) is 0 Å². The van der Waals surface area contributed by atoms with Crippen LogP contribution in [0.5, 0.6) is 0 Å². The van der Waals surface area contributed by atoms with Crippen LogP contribution in [0.4, 0.5) is 4.79 Å². The summed E-state index contributed by atoms with van der Waals surface area (Å²) in [5.41, 5.74) is -0.204. The molecule has 2 rings (SSSR count). The average molecular weight is 227 g/mol. The number of nitrogens with one attached hydrogen (secondary N) is 1. The summed E-state index contributed by atoms with van der Waals surface area (Å²) in [6, 6.07) is 0.252. The quantitative estimate of drug-likeness (QED) is 0.746. The van der Waals surface area contributed by atoms with Gasteiger partial charge in [0.1, 0.15) is 5.60 Å². The lowest BCUT2D eigenvalue weighted by atomic mass is 9.98. The topological polar surface area (TPSA) is 47.6 Å². The van der Waals surface area contributed by atoms with E-state index in [4.69, 9.17) is 9.47 Å². The largest absolute Gasteiger partial charge is 0.444 e. The Balaban J connectivity index is 1.78. The molecule has 2 atom stereocenters. The molecule has 0 aromatic carbocycles. The number of hydrogen-bond acceptors (Lipinski definition) is 3. The molecule has 1 aliphatic carbocycles. The summed E-state index contributed by atoms with van der Waals surface area (Å²) in [5.74, 6) is 0. The molecule has 0 aromatic rings. The second-order valence-corrected chi connectivity index (χ2v) is 5.92. The molecule has 0 bridgehead atoms. The Hall–Kier alpha value is -0.770. The van der Waals surface area contributed by atoms with Crippen molar-refractivity contribution in [2.45, 2.75) is 51.7 Å². The molecule has 1 N–H and O–H groups in total. The molecule has 0 aromatic heterocycles. The third-order valence-electron chi connectivity index (χ3n) is 3.23. The van der Waals surface area contributed by atoms with Crippen molar-refractivity contribution < 1.29 is 14.3 Å². The van der Waals surface area contributed by atoms with E-state index < -0.39 is 5.60 Å². The fourth-order valence-corrected chi connectivity index (χ4v) is 2.31. The van der Waals surface area contributed by atoms with E-state index in [-0.39, 0.29) is 17.6 Å². The molecule has 1 aliphatic heterocycles. The van der Waals surface area contributed by atoms with Gasteiger partial charge in [-0.15, -0.1) is 0 Å². The van der Waals surface area contributed by atoms with Gasteiger partial charge in [0.2, 0.25) is 0 Å². The van der Waals surface area contributed by atoms with Crippen molar-refractivity contribution in [3.8, 4) is 0 Å². The Labute approximate surface area is 96.7 Å². The van der Waals surface area contributed by atoms with E-state index in [0.717, 1.165) is 32.5 Å². The highest BCUT2D eigenvalue weighted by Gasteiger charge is 2.55. The number of alkyl carbamates (subject to hydrolysis) is 1. The molecule has 16 heavy (non-hydrogen) atoms. The van der Waals surface area contributed by atoms with Gasteiger partial charge in [-0.1, -0.05) is 0 Å². The first-order valence-electron chi connectivity index (χ1n) is 5.99. The Morgan fingerprint density at radius 3 is 2.81 bits per heavy atom. The fourth-order valence-electron chi connectivity index (χ4n) is 2.31. The molecule has 1 saturated heterocycles. The van der Waals surface area contributed by atoms with Crippen molar-refractivity contribution >= 4 is 6.09 Å². The van der Waals surface area contributed by atoms with E-state index in [1.807, 2.05) is 20.8 Å². The molecular weight excluding hydrogens is 206 g/mol. The maximum absolute atomic E-state index is 11.6. The van der Waals surface area contributed by atoms with Crippen molar-refractivity contribution in [2.24, 2.45) is 5.41 Å². The van der Waals surface area contributed by atoms with Gasteiger partial charge in [-0.05, 0) is 40.0 Å². The standard InChI is InChI=1S/C12H21NO3/c1-11(2,3)16-10(14)13-9-7-12(9)5-4-6-15-8-12/h9H,4-8H2,1-3H3,(H,13,14)/t9-,12-/m0/s1. The molecule has 0 radical (unpaired) electrons. The highest BCUT2D eigenvalue weighted by atomic mass is 16.6. The van der Waals surface area contributed by atoms with Crippen LogP contribution in [-0.2, 0) is 9.47 Å². The average Bonchev–Trinajstić information content (AvgIpc) is 2.75. The van der Waals surface area contributed by atoms with Gasteiger partial charge in [-0.3, -0.25) is 0 Å². The van der Waals surface area contributed by atoms with Crippen LogP contribution in [0.2, 0.25) is 0 Å². The minimum absolute atomic E-state index is 0.217. The third-order valence-corrected chi connectivity index (χ3v) is 3.23. The first-order chi connectivity index (χ1) is 7.41. The lowest BCUT2D eigenvalue weighted by molar-refractivity contribution is 0.0333. The Kier molecular flexibility index (Phi) is 2.86. The SMILES string of the molecule is CC(C)(C)OC(=O)N[C@H]1C[C@]12CCCOC2. The summed E-state index contributed by atoms with van der Waals surface area (Å²) in [6.45, 7) is 7.27. The second-order valence-electron chi connectivity index (χ2n) is 5.92. The van der Waals surface area contributed by atoms with E-state index in [9.17, 15) is 4.79 Å². The summed E-state index contributed by atoms with van der Waals surface area (Å²) in [5, 5.41) is 2.93. The van der Waals surface area contributed by atoms with E-state index in [2.05, 4.69) is 5.32 Å². The molecule has 92 valence electrons. The zero-order valence-corrected chi connectivity index (χ0v) is 10.3. The van der Waals surface area contributed by atoms with E-state index >= 15 is 0 Å². The van der Waals surface area contributed by atoms with E-state index in [0.29, 0.717) is 0 Å². The molecular formula is C12H21NO3. The van der Waals surface area contributed by atoms with Crippen LogP contribution in [0.15, 0.2) is 0 Å². The van der Waals surface area contributed by atoms with Crippen molar-refractivity contribution in [3.05, 3.63) is 0 Å². The fraction of sp³-hybridized carbons (Fsp3) is 0.917. The number of ether oxygens (including phenoxy) is 2. The van der Waals surface area contributed by atoms with Gasteiger partial charge >= 0.3 is 6.09 Å². The second kappa shape index (κ2) is 3.91. The van der Waals surface area contributed by atoms with E-state index in [1.54, 1.807) is 0 Å². The lowest BCUT2D eigenvalue weighted by Gasteiger charge is -2.24. The number of amides is 1. The molecule has 2 aliphatic rings. The predicted octanol–water partition coefficient (Wildman–Crippen LogP) is 2.08. The van der Waals surface area contributed by atoms with Crippen molar-refractivity contribution in [1.82, 2.24) is 5.32 Å². The summed E-state index contributed by atoms with van der Waals surface area (Å²) < 4.78 is 10.7. The molecule has 0 unspecified atom stereocenters. The number of hydrogen-bond donors (Lipinski definition) is 1. The van der Waals surface area contributed by atoms with Crippen LogP contribution in [-0.4, -0.2) is 30.9 Å². The Bertz CT molecular complexity index is 276. The maximum Gasteiger partial charge on any atom is 0.407 e. The van der Waals surface area contributed by atoms with Crippen molar-refractivity contribution in [2.75, 3.05) is 13.2 Å². The number of carbonyl (C=O) groups excluding carboxylic acids is 1. The molecule has 1 spiro atoms. The third kappa shape index (κ3) is 2.67. The number of rotatable bonds is 1. The highest BCUT2D eigenvalue weighted by molar-refractivity contribution is 5.68. The normalized spacial score (nSPS) is 33.6. The molecule has 2 fully saturated rings. The first kappa shape index (κ1) is 11.7. The number of carbonyl (C=O) groups is 1. The van der Waals surface area contributed by atoms with Gasteiger partial charge in [0.25, 0.3) is 0 Å².